The SMILES string of the molecule is O=C1[C@H](SC[C@H](O)c2ccc(-c3ccc(F)cc3)cc2)[C@@H](c2ccc(O)cc2)N1c1ccc(-c2cccnc2)cc1. The Kier molecular flexibility index (Phi) is 7.55. The van der Waals surface area contributed by atoms with E-state index >= 15 is 0 Å². The maximum atomic E-state index is 13.5. The fourth-order valence-electron chi connectivity index (χ4n) is 5.09. The number of amides is 1. The number of pyridine rings is 1. The van der Waals surface area contributed by atoms with E-state index < -0.39 is 6.10 Å². The first kappa shape index (κ1) is 26.7. The monoisotopic (exact) mass is 562 g/mol. The number of hydrogen-bond acceptors (Lipinski definition) is 5. The molecule has 4 aromatic carbocycles. The average molecular weight is 563 g/mol. The molecule has 6 rings (SSSR count). The number of halogens is 1. The number of hydrogen-bond donors (Lipinski definition) is 2. The van der Waals surface area contributed by atoms with Gasteiger partial charge >= 0.3 is 0 Å². The molecule has 1 aliphatic heterocycles. The van der Waals surface area contributed by atoms with Crippen molar-refractivity contribution in [2.24, 2.45) is 0 Å². The predicted molar refractivity (Wildman–Crippen MR) is 161 cm³/mol. The minimum absolute atomic E-state index is 0.0268. The number of phenolic OH excluding ortho intramolecular Hbond substituents is 1. The van der Waals surface area contributed by atoms with Crippen LogP contribution in [0.2, 0.25) is 0 Å². The smallest absolute Gasteiger partial charge is 0.243 e. The summed E-state index contributed by atoms with van der Waals surface area (Å²) in [5.41, 5.74) is 6.28. The van der Waals surface area contributed by atoms with Crippen LogP contribution in [0.15, 0.2) is 122 Å². The van der Waals surface area contributed by atoms with E-state index in [1.807, 2.05) is 72.8 Å². The van der Waals surface area contributed by atoms with E-state index in [2.05, 4.69) is 4.98 Å². The van der Waals surface area contributed by atoms with Crippen molar-refractivity contribution in [2.45, 2.75) is 17.4 Å². The van der Waals surface area contributed by atoms with Crippen LogP contribution >= 0.6 is 11.8 Å². The van der Waals surface area contributed by atoms with Crippen LogP contribution in [-0.2, 0) is 4.79 Å². The number of aromatic hydroxyl groups is 1. The summed E-state index contributed by atoms with van der Waals surface area (Å²) in [6, 6.07) is 32.2. The molecule has 1 amide bonds. The largest absolute Gasteiger partial charge is 0.508 e. The first-order valence-corrected chi connectivity index (χ1v) is 14.3. The molecule has 204 valence electrons. The van der Waals surface area contributed by atoms with Gasteiger partial charge in [0.1, 0.15) is 16.8 Å². The fraction of sp³-hybridized carbons (Fsp3) is 0.118. The van der Waals surface area contributed by atoms with Gasteiger partial charge < -0.3 is 15.1 Å². The molecule has 0 aliphatic carbocycles. The average Bonchev–Trinajstić information content (AvgIpc) is 3.01. The van der Waals surface area contributed by atoms with Gasteiger partial charge in [-0.05, 0) is 75.8 Å². The molecule has 5 nitrogen and oxygen atoms in total. The summed E-state index contributed by atoms with van der Waals surface area (Å²) in [6.07, 6.45) is 2.77. The van der Waals surface area contributed by atoms with E-state index in [0.717, 1.165) is 39.1 Å². The van der Waals surface area contributed by atoms with Crippen LogP contribution < -0.4 is 4.90 Å². The molecular formula is C34H27FN2O3S. The highest BCUT2D eigenvalue weighted by atomic mass is 32.2. The van der Waals surface area contributed by atoms with Gasteiger partial charge in [0.25, 0.3) is 0 Å². The van der Waals surface area contributed by atoms with Crippen molar-refractivity contribution in [3.8, 4) is 28.0 Å². The van der Waals surface area contributed by atoms with Gasteiger partial charge in [0.2, 0.25) is 5.91 Å². The first-order valence-electron chi connectivity index (χ1n) is 13.3. The van der Waals surface area contributed by atoms with Crippen molar-refractivity contribution in [1.29, 1.82) is 0 Å². The third kappa shape index (κ3) is 5.59. The van der Waals surface area contributed by atoms with Crippen LogP contribution in [0.1, 0.15) is 23.3 Å². The lowest BCUT2D eigenvalue weighted by Crippen LogP contribution is -2.57. The van der Waals surface area contributed by atoms with Crippen molar-refractivity contribution >= 4 is 23.4 Å². The summed E-state index contributed by atoms with van der Waals surface area (Å²) >= 11 is 1.43. The molecule has 0 spiro atoms. The second kappa shape index (κ2) is 11.6. The Morgan fingerprint density at radius 1 is 0.805 bits per heavy atom. The minimum atomic E-state index is -0.761. The topological polar surface area (TPSA) is 73.7 Å². The number of aliphatic hydroxyl groups excluding tert-OH is 1. The standard InChI is InChI=1S/C34H27FN2O3S/c35-28-13-7-23(8-14-28)22-3-5-25(6-4-22)31(39)21-41-33-32(26-11-17-30(38)18-12-26)37(34(33)40)29-15-9-24(10-16-29)27-2-1-19-36-20-27/h1-20,31-33,38-39H,21H2/t31-,32+,33+/m0/s1. The molecule has 1 aromatic heterocycles. The number of carbonyl (C=O) groups is 1. The summed E-state index contributed by atoms with van der Waals surface area (Å²) in [5.74, 6) is 0.195. The number of thioether (sulfide) groups is 1. The van der Waals surface area contributed by atoms with Gasteiger partial charge in [0.15, 0.2) is 0 Å². The summed E-state index contributed by atoms with van der Waals surface area (Å²) in [5, 5.41) is 20.4. The molecule has 5 aromatic rings. The molecular weight excluding hydrogens is 535 g/mol. The second-order valence-electron chi connectivity index (χ2n) is 9.93. The molecule has 3 atom stereocenters. The van der Waals surface area contributed by atoms with Crippen molar-refractivity contribution in [1.82, 2.24) is 4.98 Å². The molecule has 0 radical (unpaired) electrons. The highest BCUT2D eigenvalue weighted by Gasteiger charge is 2.49. The number of rotatable bonds is 8. The number of benzene rings is 4. The van der Waals surface area contributed by atoms with E-state index in [-0.39, 0.29) is 28.8 Å². The Hall–Kier alpha value is -4.46. The Morgan fingerprint density at radius 3 is 2.05 bits per heavy atom. The predicted octanol–water partition coefficient (Wildman–Crippen LogP) is 7.18. The molecule has 2 N–H and O–H groups in total. The van der Waals surface area contributed by atoms with Crippen LogP contribution in [0, 0.1) is 5.82 Å². The van der Waals surface area contributed by atoms with Gasteiger partial charge in [0.05, 0.1) is 12.1 Å². The maximum Gasteiger partial charge on any atom is 0.243 e. The van der Waals surface area contributed by atoms with Gasteiger partial charge in [-0.15, -0.1) is 11.8 Å². The third-order valence-electron chi connectivity index (χ3n) is 7.33. The summed E-state index contributed by atoms with van der Waals surface area (Å²) in [7, 11) is 0. The van der Waals surface area contributed by atoms with Crippen LogP contribution in [0.25, 0.3) is 22.3 Å². The number of aliphatic hydroxyl groups is 1. The van der Waals surface area contributed by atoms with Crippen LogP contribution in [0.5, 0.6) is 5.75 Å². The number of aromatic nitrogens is 1. The molecule has 0 bridgehead atoms. The molecule has 2 heterocycles. The van der Waals surface area contributed by atoms with Crippen molar-refractivity contribution < 1.29 is 19.4 Å². The van der Waals surface area contributed by atoms with Gasteiger partial charge in [0, 0.05) is 23.8 Å². The maximum absolute atomic E-state index is 13.5. The summed E-state index contributed by atoms with van der Waals surface area (Å²) in [6.45, 7) is 0. The van der Waals surface area contributed by atoms with E-state index in [0.29, 0.717) is 5.75 Å². The lowest BCUT2D eigenvalue weighted by atomic mass is 9.92. The molecule has 1 aliphatic rings. The number of carbonyl (C=O) groups excluding carboxylic acids is 1. The third-order valence-corrected chi connectivity index (χ3v) is 8.65. The number of β-lactam (4-membered cyclic amide) rings is 1. The van der Waals surface area contributed by atoms with E-state index in [1.165, 1.54) is 23.9 Å². The molecule has 0 saturated carbocycles. The lowest BCUT2D eigenvalue weighted by Gasteiger charge is -2.47. The van der Waals surface area contributed by atoms with Gasteiger partial charge in [-0.1, -0.05) is 66.7 Å². The molecule has 7 heteroatoms. The van der Waals surface area contributed by atoms with Gasteiger partial charge in [-0.25, -0.2) is 4.39 Å². The summed E-state index contributed by atoms with van der Waals surface area (Å²) < 4.78 is 13.3. The highest BCUT2D eigenvalue weighted by Crippen LogP contribution is 2.46. The first-order chi connectivity index (χ1) is 20.0. The van der Waals surface area contributed by atoms with Crippen LogP contribution in [0.4, 0.5) is 10.1 Å². The normalized spacial score (nSPS) is 17.2. The number of phenols is 1. The van der Waals surface area contributed by atoms with Crippen molar-refractivity contribution in [3.63, 3.8) is 0 Å². The molecule has 41 heavy (non-hydrogen) atoms. The van der Waals surface area contributed by atoms with E-state index in [9.17, 15) is 19.4 Å². The quantitative estimate of drug-likeness (QED) is 0.196. The lowest BCUT2D eigenvalue weighted by molar-refractivity contribution is -0.123. The van der Waals surface area contributed by atoms with Crippen LogP contribution in [0.3, 0.4) is 0 Å². The van der Waals surface area contributed by atoms with E-state index in [1.54, 1.807) is 41.6 Å². The Morgan fingerprint density at radius 2 is 1.41 bits per heavy atom. The van der Waals surface area contributed by atoms with Crippen molar-refractivity contribution in [2.75, 3.05) is 10.7 Å². The van der Waals surface area contributed by atoms with E-state index in [4.69, 9.17) is 0 Å². The van der Waals surface area contributed by atoms with Gasteiger partial charge in [-0.3, -0.25) is 9.78 Å². The zero-order valence-corrected chi connectivity index (χ0v) is 22.8. The highest BCUT2D eigenvalue weighted by molar-refractivity contribution is 8.00. The molecule has 1 fully saturated rings. The Labute approximate surface area is 241 Å². The minimum Gasteiger partial charge on any atom is -0.508 e. The molecule has 1 saturated heterocycles. The number of anilines is 1. The number of nitrogens with zero attached hydrogens (tertiary/aromatic N) is 2. The Bertz CT molecular complexity index is 1630. The Balaban J connectivity index is 1.18. The van der Waals surface area contributed by atoms with Gasteiger partial charge in [-0.2, -0.15) is 0 Å². The zero-order chi connectivity index (χ0) is 28.3. The second-order valence-corrected chi connectivity index (χ2v) is 11.1. The van der Waals surface area contributed by atoms with Crippen molar-refractivity contribution in [3.05, 3.63) is 139 Å². The fourth-order valence-corrected chi connectivity index (χ4v) is 6.39. The molecule has 0 unspecified atom stereocenters. The summed E-state index contributed by atoms with van der Waals surface area (Å²) in [4.78, 5) is 19.4. The van der Waals surface area contributed by atoms with Crippen LogP contribution in [-0.4, -0.2) is 32.1 Å². The zero-order valence-electron chi connectivity index (χ0n) is 22.0.